The minimum atomic E-state index is -1.10. The Balaban J connectivity index is 2.00. The normalized spacial score (nSPS) is 34.3. The van der Waals surface area contributed by atoms with Crippen LogP contribution in [0.25, 0.3) is 0 Å². The van der Waals surface area contributed by atoms with E-state index >= 15 is 0 Å². The van der Waals surface area contributed by atoms with Gasteiger partial charge in [-0.05, 0) is 39.0 Å². The fraction of sp³-hybridized carbons (Fsp3) is 0.773. The number of aliphatic carboxylic acids is 1. The first kappa shape index (κ1) is 22.7. The first-order chi connectivity index (χ1) is 14.3. The molecule has 0 aliphatic carbocycles. The predicted octanol–water partition coefficient (Wildman–Crippen LogP) is 1.42. The molecule has 8 heteroatoms. The SMILES string of the molecule is C=CCN(CCCC)C(=O)C1N(CCCCO)C(=O)[C@@H]2[C@@H](C(=O)O)[C@@]3(C)CCC12O3. The van der Waals surface area contributed by atoms with Gasteiger partial charge in [0.25, 0.3) is 0 Å². The lowest BCUT2D eigenvalue weighted by molar-refractivity contribution is -0.156. The van der Waals surface area contributed by atoms with Crippen molar-refractivity contribution in [2.45, 2.75) is 69.6 Å². The lowest BCUT2D eigenvalue weighted by Crippen LogP contribution is -2.56. The number of ether oxygens (including phenoxy) is 1. The van der Waals surface area contributed by atoms with Gasteiger partial charge in [0.2, 0.25) is 11.8 Å². The first-order valence-electron chi connectivity index (χ1n) is 11.0. The van der Waals surface area contributed by atoms with E-state index < -0.39 is 35.0 Å². The summed E-state index contributed by atoms with van der Waals surface area (Å²) < 4.78 is 6.35. The van der Waals surface area contributed by atoms with Crippen LogP contribution in [-0.2, 0) is 19.1 Å². The summed E-state index contributed by atoms with van der Waals surface area (Å²) in [4.78, 5) is 42.6. The number of hydrogen-bond donors (Lipinski definition) is 2. The number of nitrogens with zero attached hydrogens (tertiary/aromatic N) is 2. The van der Waals surface area contributed by atoms with E-state index in [2.05, 4.69) is 6.58 Å². The zero-order chi connectivity index (χ0) is 22.1. The number of aliphatic hydroxyl groups is 1. The molecule has 2 amide bonds. The molecular formula is C22H34N2O6. The molecule has 1 spiro atoms. The van der Waals surface area contributed by atoms with E-state index in [1.54, 1.807) is 17.9 Å². The van der Waals surface area contributed by atoms with Gasteiger partial charge < -0.3 is 24.7 Å². The number of rotatable bonds is 11. The molecule has 3 saturated heterocycles. The third-order valence-corrected chi connectivity index (χ3v) is 7.03. The molecule has 30 heavy (non-hydrogen) atoms. The summed E-state index contributed by atoms with van der Waals surface area (Å²) in [6, 6.07) is -0.836. The van der Waals surface area contributed by atoms with Crippen molar-refractivity contribution in [3.05, 3.63) is 12.7 Å². The number of carboxylic acids is 1. The van der Waals surface area contributed by atoms with Gasteiger partial charge in [-0.3, -0.25) is 14.4 Å². The number of carbonyl (C=O) groups is 3. The van der Waals surface area contributed by atoms with E-state index in [1.807, 2.05) is 6.92 Å². The molecule has 0 aromatic heterocycles. The summed E-state index contributed by atoms with van der Waals surface area (Å²) in [6.45, 7) is 8.78. The molecule has 8 nitrogen and oxygen atoms in total. The topological polar surface area (TPSA) is 107 Å². The number of hydrogen-bond acceptors (Lipinski definition) is 5. The van der Waals surface area contributed by atoms with E-state index in [4.69, 9.17) is 9.84 Å². The number of fused-ring (bicyclic) bond motifs is 1. The fourth-order valence-electron chi connectivity index (χ4n) is 5.68. The number of likely N-dealkylation sites (tertiary alicyclic amines) is 1. The fourth-order valence-corrected chi connectivity index (χ4v) is 5.68. The zero-order valence-electron chi connectivity index (χ0n) is 18.0. The highest BCUT2D eigenvalue weighted by atomic mass is 16.5. The van der Waals surface area contributed by atoms with Gasteiger partial charge in [-0.25, -0.2) is 0 Å². The standard InChI is InChI=1S/C22H34N2O6/c1-4-6-12-23(11-5-2)19(27)17-22-10-9-21(3,30-22)16(20(28)29)15(22)18(26)24(17)13-7-8-14-25/h5,15-17,25H,2,4,6-14H2,1,3H3,(H,28,29)/t15-,16-,17?,21+,22?/m0/s1. The van der Waals surface area contributed by atoms with Gasteiger partial charge in [0.1, 0.15) is 11.6 Å². The number of aliphatic hydroxyl groups excluding tert-OH is 1. The summed E-state index contributed by atoms with van der Waals surface area (Å²) in [5.74, 6) is -3.36. The lowest BCUT2D eigenvalue weighted by atomic mass is 9.66. The van der Waals surface area contributed by atoms with Crippen LogP contribution in [0.1, 0.15) is 52.4 Å². The summed E-state index contributed by atoms with van der Waals surface area (Å²) >= 11 is 0. The Bertz CT molecular complexity index is 712. The summed E-state index contributed by atoms with van der Waals surface area (Å²) in [5, 5.41) is 19.1. The van der Waals surface area contributed by atoms with Crippen LogP contribution in [0, 0.1) is 11.8 Å². The first-order valence-corrected chi connectivity index (χ1v) is 11.0. The van der Waals surface area contributed by atoms with E-state index in [1.165, 1.54) is 4.90 Å². The van der Waals surface area contributed by atoms with Crippen LogP contribution >= 0.6 is 0 Å². The number of unbranched alkanes of at least 4 members (excludes halogenated alkanes) is 2. The Morgan fingerprint density at radius 1 is 1.33 bits per heavy atom. The Morgan fingerprint density at radius 3 is 2.67 bits per heavy atom. The van der Waals surface area contributed by atoms with Gasteiger partial charge in [-0.1, -0.05) is 19.4 Å². The van der Waals surface area contributed by atoms with Gasteiger partial charge in [-0.15, -0.1) is 6.58 Å². The zero-order valence-corrected chi connectivity index (χ0v) is 18.0. The molecule has 2 N–H and O–H groups in total. The highest BCUT2D eigenvalue weighted by molar-refractivity contribution is 5.98. The summed E-state index contributed by atoms with van der Waals surface area (Å²) in [5.41, 5.74) is -2.04. The Morgan fingerprint density at radius 2 is 2.07 bits per heavy atom. The van der Waals surface area contributed by atoms with E-state index in [9.17, 15) is 19.5 Å². The average molecular weight is 423 g/mol. The van der Waals surface area contributed by atoms with E-state index in [0.29, 0.717) is 45.3 Å². The van der Waals surface area contributed by atoms with Crippen molar-refractivity contribution < 1.29 is 29.3 Å². The molecule has 0 aromatic carbocycles. The monoisotopic (exact) mass is 422 g/mol. The second kappa shape index (κ2) is 8.67. The maximum atomic E-state index is 13.7. The van der Waals surface area contributed by atoms with Crippen LogP contribution in [0.2, 0.25) is 0 Å². The molecule has 3 rings (SSSR count). The van der Waals surface area contributed by atoms with Crippen molar-refractivity contribution in [3.63, 3.8) is 0 Å². The average Bonchev–Trinajstić information content (AvgIpc) is 3.26. The number of carboxylic acid groups (broad SMARTS) is 1. The van der Waals surface area contributed by atoms with Crippen molar-refractivity contribution in [3.8, 4) is 0 Å². The predicted molar refractivity (Wildman–Crippen MR) is 110 cm³/mol. The molecule has 3 heterocycles. The minimum absolute atomic E-state index is 0.000621. The van der Waals surface area contributed by atoms with Crippen molar-refractivity contribution in [2.24, 2.45) is 11.8 Å². The van der Waals surface area contributed by atoms with Crippen LogP contribution in [0.3, 0.4) is 0 Å². The van der Waals surface area contributed by atoms with Crippen LogP contribution < -0.4 is 0 Å². The third kappa shape index (κ3) is 3.43. The Labute approximate surface area is 177 Å². The van der Waals surface area contributed by atoms with Gasteiger partial charge in [0.05, 0.1) is 17.4 Å². The van der Waals surface area contributed by atoms with Crippen LogP contribution in [-0.4, -0.2) is 81.3 Å². The van der Waals surface area contributed by atoms with Crippen LogP contribution in [0.15, 0.2) is 12.7 Å². The molecule has 2 bridgehead atoms. The maximum Gasteiger partial charge on any atom is 0.310 e. The molecule has 168 valence electrons. The van der Waals surface area contributed by atoms with Gasteiger partial charge in [-0.2, -0.15) is 0 Å². The Kier molecular flexibility index (Phi) is 6.57. The molecule has 3 fully saturated rings. The minimum Gasteiger partial charge on any atom is -0.481 e. The van der Waals surface area contributed by atoms with Crippen molar-refractivity contribution in [1.82, 2.24) is 9.80 Å². The van der Waals surface area contributed by atoms with Crippen LogP contribution in [0.5, 0.6) is 0 Å². The maximum absolute atomic E-state index is 13.7. The molecule has 0 aromatic rings. The second-order valence-electron chi connectivity index (χ2n) is 8.95. The van der Waals surface area contributed by atoms with E-state index in [0.717, 1.165) is 12.8 Å². The van der Waals surface area contributed by atoms with Crippen molar-refractivity contribution >= 4 is 17.8 Å². The van der Waals surface area contributed by atoms with Gasteiger partial charge in [0, 0.05) is 26.2 Å². The second-order valence-corrected chi connectivity index (χ2v) is 8.95. The molecular weight excluding hydrogens is 388 g/mol. The summed E-state index contributed by atoms with van der Waals surface area (Å²) in [7, 11) is 0. The van der Waals surface area contributed by atoms with E-state index in [-0.39, 0.29) is 18.4 Å². The highest BCUT2D eigenvalue weighted by Crippen LogP contribution is 2.63. The third-order valence-electron chi connectivity index (χ3n) is 7.03. The smallest absolute Gasteiger partial charge is 0.310 e. The molecule has 0 saturated carbocycles. The largest absolute Gasteiger partial charge is 0.481 e. The van der Waals surface area contributed by atoms with Gasteiger partial charge in [0.15, 0.2) is 0 Å². The number of carbonyl (C=O) groups excluding carboxylic acids is 2. The quantitative estimate of drug-likeness (QED) is 0.385. The highest BCUT2D eigenvalue weighted by Gasteiger charge is 2.78. The molecule has 3 aliphatic rings. The number of amides is 2. The molecule has 0 radical (unpaired) electrons. The summed E-state index contributed by atoms with van der Waals surface area (Å²) in [6.07, 6.45) is 5.48. The van der Waals surface area contributed by atoms with Crippen molar-refractivity contribution in [1.29, 1.82) is 0 Å². The Hall–Kier alpha value is -1.93. The molecule has 3 aliphatic heterocycles. The molecule has 5 atom stereocenters. The van der Waals surface area contributed by atoms with Gasteiger partial charge >= 0.3 is 5.97 Å². The van der Waals surface area contributed by atoms with Crippen LogP contribution in [0.4, 0.5) is 0 Å². The lowest BCUT2D eigenvalue weighted by Gasteiger charge is -2.36. The van der Waals surface area contributed by atoms with Crippen molar-refractivity contribution in [2.75, 3.05) is 26.2 Å². The molecule has 2 unspecified atom stereocenters.